The van der Waals surface area contributed by atoms with Gasteiger partial charge in [0.1, 0.15) is 11.0 Å². The quantitative estimate of drug-likeness (QED) is 0.795. The molecular weight excluding hydrogens is 200 g/mol. The molecule has 0 saturated carbocycles. The Kier molecular flexibility index (Phi) is 2.76. The number of hydrogen-bond acceptors (Lipinski definition) is 3. The van der Waals surface area contributed by atoms with E-state index < -0.39 is 0 Å². The van der Waals surface area contributed by atoms with Gasteiger partial charge >= 0.3 is 0 Å². The predicted octanol–water partition coefficient (Wildman–Crippen LogP) is 0.477. The molecule has 0 bridgehead atoms. The van der Waals surface area contributed by atoms with E-state index in [0.717, 1.165) is 25.5 Å². The van der Waals surface area contributed by atoms with Crippen molar-refractivity contribution in [2.45, 2.75) is 12.6 Å². The van der Waals surface area contributed by atoms with Crippen LogP contribution in [0.1, 0.15) is 5.82 Å². The van der Waals surface area contributed by atoms with Crippen LogP contribution in [0, 0.1) is 0 Å². The van der Waals surface area contributed by atoms with E-state index in [1.54, 1.807) is 6.20 Å². The molecule has 1 aromatic heterocycles. The van der Waals surface area contributed by atoms with E-state index in [2.05, 4.69) is 22.2 Å². The van der Waals surface area contributed by atoms with Gasteiger partial charge < -0.3 is 9.88 Å². The molecule has 2 rings (SSSR count). The van der Waals surface area contributed by atoms with Gasteiger partial charge in [0.25, 0.3) is 0 Å². The number of rotatable bonds is 3. The fourth-order valence-corrected chi connectivity index (χ4v) is 1.65. The van der Waals surface area contributed by atoms with Crippen molar-refractivity contribution in [3.8, 4) is 0 Å². The maximum Gasteiger partial charge on any atom is 0.128 e. The van der Waals surface area contributed by atoms with Crippen molar-refractivity contribution in [2.75, 3.05) is 20.1 Å². The van der Waals surface area contributed by atoms with Gasteiger partial charge in [-0.3, -0.25) is 4.90 Å². The normalized spacial score (nSPS) is 17.4. The van der Waals surface area contributed by atoms with Crippen LogP contribution >= 0.6 is 11.6 Å². The molecule has 0 atom stereocenters. The summed E-state index contributed by atoms with van der Waals surface area (Å²) < 4.78 is 1.92. The van der Waals surface area contributed by atoms with Gasteiger partial charge in [-0.2, -0.15) is 0 Å². The van der Waals surface area contributed by atoms with E-state index in [1.807, 2.05) is 11.6 Å². The largest absolute Gasteiger partial charge is 0.321 e. The van der Waals surface area contributed by atoms with Crippen molar-refractivity contribution in [3.63, 3.8) is 0 Å². The third kappa shape index (κ3) is 1.78. The monoisotopic (exact) mass is 214 g/mol. The summed E-state index contributed by atoms with van der Waals surface area (Å²) in [5.74, 6) is 1.02. The second-order valence-corrected chi connectivity index (χ2v) is 4.17. The summed E-state index contributed by atoms with van der Waals surface area (Å²) >= 11 is 5.91. The molecule has 78 valence electrons. The molecule has 4 nitrogen and oxygen atoms in total. The van der Waals surface area contributed by atoms with E-state index >= 15 is 0 Å². The topological polar surface area (TPSA) is 33.1 Å². The molecule has 1 saturated heterocycles. The van der Waals surface area contributed by atoms with Gasteiger partial charge in [0.05, 0.1) is 12.7 Å². The number of aromatic nitrogens is 2. The highest BCUT2D eigenvalue weighted by Gasteiger charge is 2.22. The van der Waals surface area contributed by atoms with Gasteiger partial charge in [0.2, 0.25) is 0 Å². The maximum absolute atomic E-state index is 5.91. The molecule has 0 unspecified atom stereocenters. The molecule has 2 heterocycles. The van der Waals surface area contributed by atoms with E-state index in [-0.39, 0.29) is 0 Å². The minimum absolute atomic E-state index is 0.644. The van der Waals surface area contributed by atoms with Crippen molar-refractivity contribution in [2.24, 2.45) is 7.05 Å². The summed E-state index contributed by atoms with van der Waals surface area (Å²) in [6.07, 6.45) is 1.70. The molecule has 5 heteroatoms. The van der Waals surface area contributed by atoms with Crippen molar-refractivity contribution in [1.29, 1.82) is 0 Å². The first-order chi connectivity index (χ1) is 6.68. The standard InChI is InChI=1S/C9H15ClN4/c1-13(7-3-11-4-7)6-9-12-5-8(10)14(9)2/h5,7,11H,3-4,6H2,1-2H3. The summed E-state index contributed by atoms with van der Waals surface area (Å²) in [5, 5.41) is 3.95. The van der Waals surface area contributed by atoms with Crippen LogP contribution in [0.5, 0.6) is 0 Å². The average Bonchev–Trinajstić information content (AvgIpc) is 2.33. The van der Waals surface area contributed by atoms with Crippen LogP contribution in [0.2, 0.25) is 5.15 Å². The smallest absolute Gasteiger partial charge is 0.128 e. The first-order valence-electron chi connectivity index (χ1n) is 4.75. The molecule has 0 aromatic carbocycles. The number of hydrogen-bond donors (Lipinski definition) is 1. The van der Waals surface area contributed by atoms with Gasteiger partial charge in [-0.1, -0.05) is 11.6 Å². The van der Waals surface area contributed by atoms with Crippen LogP contribution in [0.4, 0.5) is 0 Å². The van der Waals surface area contributed by atoms with Crippen LogP contribution in [0.3, 0.4) is 0 Å². The highest BCUT2D eigenvalue weighted by molar-refractivity contribution is 6.29. The van der Waals surface area contributed by atoms with Crippen LogP contribution in [-0.2, 0) is 13.6 Å². The first kappa shape index (κ1) is 9.96. The molecule has 14 heavy (non-hydrogen) atoms. The lowest BCUT2D eigenvalue weighted by molar-refractivity contribution is 0.168. The highest BCUT2D eigenvalue weighted by Crippen LogP contribution is 2.12. The lowest BCUT2D eigenvalue weighted by atomic mass is 10.1. The number of imidazole rings is 1. The van der Waals surface area contributed by atoms with Crippen LogP contribution in [0.25, 0.3) is 0 Å². The molecule has 1 aliphatic rings. The van der Waals surface area contributed by atoms with Gasteiger partial charge in [0, 0.05) is 26.2 Å². The molecule has 0 radical (unpaired) electrons. The van der Waals surface area contributed by atoms with Crippen molar-refractivity contribution >= 4 is 11.6 Å². The summed E-state index contributed by atoms with van der Waals surface area (Å²) in [6, 6.07) is 0.644. The summed E-state index contributed by atoms with van der Waals surface area (Å²) in [5.41, 5.74) is 0. The zero-order chi connectivity index (χ0) is 10.1. The third-order valence-corrected chi connectivity index (χ3v) is 3.15. The Hall–Kier alpha value is -0.580. The number of nitrogens with zero attached hydrogens (tertiary/aromatic N) is 3. The summed E-state index contributed by atoms with van der Waals surface area (Å²) in [4.78, 5) is 6.57. The zero-order valence-electron chi connectivity index (χ0n) is 8.50. The molecule has 1 fully saturated rings. The highest BCUT2D eigenvalue weighted by atomic mass is 35.5. The Bertz CT molecular complexity index is 319. The van der Waals surface area contributed by atoms with Crippen LogP contribution in [-0.4, -0.2) is 40.6 Å². The van der Waals surface area contributed by atoms with E-state index in [1.165, 1.54) is 0 Å². The van der Waals surface area contributed by atoms with Crippen LogP contribution in [0.15, 0.2) is 6.20 Å². The van der Waals surface area contributed by atoms with Crippen LogP contribution < -0.4 is 5.32 Å². The predicted molar refractivity (Wildman–Crippen MR) is 56.3 cm³/mol. The SMILES string of the molecule is CN(Cc1ncc(Cl)n1C)C1CNC1. The first-order valence-corrected chi connectivity index (χ1v) is 5.13. The molecule has 1 N–H and O–H groups in total. The van der Waals surface area contributed by atoms with Crippen molar-refractivity contribution in [3.05, 3.63) is 17.2 Å². The van der Waals surface area contributed by atoms with Crippen molar-refractivity contribution < 1.29 is 0 Å². The lowest BCUT2D eigenvalue weighted by Crippen LogP contribution is -2.55. The fraction of sp³-hybridized carbons (Fsp3) is 0.667. The summed E-state index contributed by atoms with van der Waals surface area (Å²) in [6.45, 7) is 3.01. The Morgan fingerprint density at radius 1 is 1.71 bits per heavy atom. The minimum atomic E-state index is 0.644. The van der Waals surface area contributed by atoms with Crippen molar-refractivity contribution in [1.82, 2.24) is 19.8 Å². The minimum Gasteiger partial charge on any atom is -0.321 e. The lowest BCUT2D eigenvalue weighted by Gasteiger charge is -2.35. The van der Waals surface area contributed by atoms with Gasteiger partial charge in [-0.15, -0.1) is 0 Å². The van der Waals surface area contributed by atoms with Gasteiger partial charge in [-0.25, -0.2) is 4.98 Å². The van der Waals surface area contributed by atoms with Gasteiger partial charge in [-0.05, 0) is 7.05 Å². The molecule has 1 aromatic rings. The number of likely N-dealkylation sites (N-methyl/N-ethyl adjacent to an activating group) is 1. The Morgan fingerprint density at radius 2 is 2.43 bits per heavy atom. The van der Waals surface area contributed by atoms with E-state index in [4.69, 9.17) is 11.6 Å². The molecular formula is C9H15ClN4. The average molecular weight is 215 g/mol. The molecule has 0 spiro atoms. The zero-order valence-corrected chi connectivity index (χ0v) is 9.25. The van der Waals surface area contributed by atoms with Gasteiger partial charge in [0.15, 0.2) is 0 Å². The second kappa shape index (κ2) is 3.88. The van der Waals surface area contributed by atoms with E-state index in [0.29, 0.717) is 11.2 Å². The Balaban J connectivity index is 1.99. The Labute approximate surface area is 88.9 Å². The summed E-state index contributed by atoms with van der Waals surface area (Å²) in [7, 11) is 4.06. The maximum atomic E-state index is 5.91. The third-order valence-electron chi connectivity index (χ3n) is 2.80. The number of halogens is 1. The molecule has 0 aliphatic carbocycles. The fourth-order valence-electron chi connectivity index (χ4n) is 1.51. The molecule has 1 aliphatic heterocycles. The Morgan fingerprint density at radius 3 is 2.86 bits per heavy atom. The second-order valence-electron chi connectivity index (χ2n) is 3.78. The van der Waals surface area contributed by atoms with E-state index in [9.17, 15) is 0 Å². The molecule has 0 amide bonds. The number of nitrogens with one attached hydrogen (secondary N) is 1.